The molecular weight excluding hydrogens is 356 g/mol. The summed E-state index contributed by atoms with van der Waals surface area (Å²) in [6, 6.07) is 7.94. The van der Waals surface area contributed by atoms with Crippen molar-refractivity contribution < 1.29 is 19.1 Å². The van der Waals surface area contributed by atoms with Gasteiger partial charge in [-0.25, -0.2) is 9.59 Å². The molecule has 0 radical (unpaired) electrons. The number of nitrogens with one attached hydrogen (secondary N) is 1. The lowest BCUT2D eigenvalue weighted by Crippen LogP contribution is -2.32. The zero-order valence-corrected chi connectivity index (χ0v) is 17.0. The molecule has 0 atom stereocenters. The van der Waals surface area contributed by atoms with E-state index in [0.29, 0.717) is 22.5 Å². The molecule has 1 aromatic carbocycles. The molecule has 28 heavy (non-hydrogen) atoms. The third kappa shape index (κ3) is 3.30. The zero-order valence-electron chi connectivity index (χ0n) is 17.0. The molecule has 0 saturated carbocycles. The van der Waals surface area contributed by atoms with Crippen molar-refractivity contribution in [1.29, 1.82) is 0 Å². The monoisotopic (exact) mass is 382 g/mol. The van der Waals surface area contributed by atoms with Crippen molar-refractivity contribution in [2.45, 2.75) is 33.6 Å². The molecule has 3 rings (SSSR count). The molecule has 1 aliphatic rings. The van der Waals surface area contributed by atoms with Crippen molar-refractivity contribution in [2.24, 2.45) is 7.05 Å². The Morgan fingerprint density at radius 1 is 1.00 bits per heavy atom. The summed E-state index contributed by atoms with van der Waals surface area (Å²) in [4.78, 5) is 25.7. The number of carbonyl (C=O) groups is 2. The number of esters is 2. The fraction of sp³-hybridized carbons (Fsp3) is 0.364. The fourth-order valence-electron chi connectivity index (χ4n) is 3.87. The van der Waals surface area contributed by atoms with Gasteiger partial charge >= 0.3 is 11.9 Å². The Morgan fingerprint density at radius 3 is 2.07 bits per heavy atom. The maximum Gasteiger partial charge on any atom is 0.336 e. The highest BCUT2D eigenvalue weighted by atomic mass is 16.5. The van der Waals surface area contributed by atoms with Crippen molar-refractivity contribution in [3.63, 3.8) is 0 Å². The first-order valence-corrected chi connectivity index (χ1v) is 9.47. The van der Waals surface area contributed by atoms with E-state index in [-0.39, 0.29) is 13.2 Å². The molecule has 1 aromatic heterocycles. The smallest absolute Gasteiger partial charge is 0.336 e. The minimum absolute atomic E-state index is 0.259. The first-order valence-electron chi connectivity index (χ1n) is 9.47. The van der Waals surface area contributed by atoms with Crippen molar-refractivity contribution in [3.8, 4) is 0 Å². The van der Waals surface area contributed by atoms with Gasteiger partial charge in [0.05, 0.1) is 30.3 Å². The highest BCUT2D eigenvalue weighted by Gasteiger charge is 2.39. The topological polar surface area (TPSA) is 69.6 Å². The lowest BCUT2D eigenvalue weighted by molar-refractivity contribution is -0.139. The molecule has 2 heterocycles. The van der Waals surface area contributed by atoms with Gasteiger partial charge in [0.2, 0.25) is 0 Å². The van der Waals surface area contributed by atoms with Crippen LogP contribution in [0.1, 0.15) is 39.2 Å². The van der Waals surface area contributed by atoms with E-state index in [9.17, 15) is 9.59 Å². The van der Waals surface area contributed by atoms with Crippen molar-refractivity contribution in [3.05, 3.63) is 58.6 Å². The van der Waals surface area contributed by atoms with Crippen LogP contribution in [-0.4, -0.2) is 29.7 Å². The summed E-state index contributed by atoms with van der Waals surface area (Å²) in [6.45, 7) is 7.71. The number of benzene rings is 1. The van der Waals surface area contributed by atoms with E-state index in [1.807, 2.05) is 55.9 Å². The second kappa shape index (κ2) is 7.92. The molecule has 6 nitrogen and oxygen atoms in total. The molecular formula is C22H26N2O4. The van der Waals surface area contributed by atoms with Crippen LogP contribution < -0.4 is 5.32 Å². The third-order valence-electron chi connectivity index (χ3n) is 4.99. The van der Waals surface area contributed by atoms with Crippen molar-refractivity contribution in [2.75, 3.05) is 13.2 Å². The lowest BCUT2D eigenvalue weighted by atomic mass is 9.80. The fourth-order valence-corrected chi connectivity index (χ4v) is 3.87. The average molecular weight is 382 g/mol. The Bertz CT molecular complexity index is 957. The number of hydrogen-bond acceptors (Lipinski definition) is 5. The Kier molecular flexibility index (Phi) is 5.58. The average Bonchev–Trinajstić information content (AvgIpc) is 2.98. The minimum atomic E-state index is -0.564. The van der Waals surface area contributed by atoms with Gasteiger partial charge in [-0.15, -0.1) is 0 Å². The van der Waals surface area contributed by atoms with E-state index in [2.05, 4.69) is 5.32 Å². The molecule has 0 amide bonds. The second-order valence-corrected chi connectivity index (χ2v) is 6.79. The molecule has 0 aliphatic carbocycles. The van der Waals surface area contributed by atoms with Gasteiger partial charge in [0.25, 0.3) is 0 Å². The molecule has 0 unspecified atom stereocenters. The van der Waals surface area contributed by atoms with Crippen LogP contribution in [0, 0.1) is 0 Å². The molecule has 0 fully saturated rings. The van der Waals surface area contributed by atoms with E-state index in [0.717, 1.165) is 16.5 Å². The maximum atomic E-state index is 12.9. The number of nitrogens with zero attached hydrogens (tertiary/aromatic N) is 1. The van der Waals surface area contributed by atoms with Crippen LogP contribution in [0.5, 0.6) is 0 Å². The predicted octanol–water partition coefficient (Wildman–Crippen LogP) is 3.54. The Hall–Kier alpha value is -3.02. The zero-order chi connectivity index (χ0) is 20.4. The number of dihydropyridines is 1. The van der Waals surface area contributed by atoms with Gasteiger partial charge in [-0.2, -0.15) is 0 Å². The van der Waals surface area contributed by atoms with Gasteiger partial charge in [0.15, 0.2) is 0 Å². The van der Waals surface area contributed by atoms with E-state index in [1.165, 1.54) is 0 Å². The van der Waals surface area contributed by atoms with Crippen LogP contribution in [-0.2, 0) is 26.1 Å². The number of aromatic nitrogens is 1. The predicted molar refractivity (Wildman–Crippen MR) is 107 cm³/mol. The van der Waals surface area contributed by atoms with Gasteiger partial charge in [0, 0.05) is 35.5 Å². The van der Waals surface area contributed by atoms with Gasteiger partial charge in [-0.1, -0.05) is 18.2 Å². The summed E-state index contributed by atoms with van der Waals surface area (Å²) >= 11 is 0. The summed E-state index contributed by atoms with van der Waals surface area (Å²) in [7, 11) is 1.95. The van der Waals surface area contributed by atoms with Crippen LogP contribution in [0.2, 0.25) is 0 Å². The van der Waals surface area contributed by atoms with Crippen molar-refractivity contribution >= 4 is 22.8 Å². The largest absolute Gasteiger partial charge is 0.463 e. The Labute approximate surface area is 164 Å². The number of carbonyl (C=O) groups excluding carboxylic acids is 2. The molecule has 0 saturated heterocycles. The van der Waals surface area contributed by atoms with Gasteiger partial charge in [-0.05, 0) is 39.3 Å². The third-order valence-corrected chi connectivity index (χ3v) is 4.99. The van der Waals surface area contributed by atoms with E-state index in [1.54, 1.807) is 13.8 Å². The Morgan fingerprint density at radius 2 is 1.54 bits per heavy atom. The standard InChI is InChI=1S/C22H26N2O4/c1-6-27-21(25)18-13(3)23-14(4)19(22(26)28-7-2)20(18)16-12-24(5)17-11-9-8-10-15(16)17/h8-12,20,23H,6-7H2,1-5H3. The number of rotatable bonds is 5. The Balaban J connectivity index is 2.28. The van der Waals surface area contributed by atoms with Crippen LogP contribution in [0.3, 0.4) is 0 Å². The molecule has 0 spiro atoms. The summed E-state index contributed by atoms with van der Waals surface area (Å²) in [6.07, 6.45) is 1.97. The number of allylic oxidation sites excluding steroid dienone is 2. The van der Waals surface area contributed by atoms with Crippen molar-refractivity contribution in [1.82, 2.24) is 9.88 Å². The molecule has 148 valence electrons. The van der Waals surface area contributed by atoms with Gasteiger partial charge < -0.3 is 19.4 Å². The van der Waals surface area contributed by atoms with Crippen LogP contribution >= 0.6 is 0 Å². The minimum Gasteiger partial charge on any atom is -0.463 e. The van der Waals surface area contributed by atoms with E-state index >= 15 is 0 Å². The number of fused-ring (bicyclic) bond motifs is 1. The van der Waals surface area contributed by atoms with Crippen LogP contribution in [0.15, 0.2) is 53.0 Å². The SMILES string of the molecule is CCOC(=O)C1=C(C)NC(C)=C(C(=O)OCC)C1c1cn(C)c2ccccc12. The molecule has 6 heteroatoms. The summed E-state index contributed by atoms with van der Waals surface area (Å²) in [5.74, 6) is -1.43. The number of aryl methyl sites for hydroxylation is 1. The molecule has 1 N–H and O–H groups in total. The van der Waals surface area contributed by atoms with Gasteiger partial charge in [-0.3, -0.25) is 0 Å². The summed E-state index contributed by atoms with van der Waals surface area (Å²) in [5, 5.41) is 4.15. The first kappa shape index (κ1) is 19.7. The van der Waals surface area contributed by atoms with Gasteiger partial charge in [0.1, 0.15) is 0 Å². The van der Waals surface area contributed by atoms with E-state index < -0.39 is 17.9 Å². The highest BCUT2D eigenvalue weighted by molar-refractivity contribution is 6.01. The number of ether oxygens (including phenoxy) is 2. The summed E-state index contributed by atoms with van der Waals surface area (Å²) in [5.41, 5.74) is 4.14. The molecule has 0 bridgehead atoms. The van der Waals surface area contributed by atoms with Crippen LogP contribution in [0.25, 0.3) is 10.9 Å². The highest BCUT2D eigenvalue weighted by Crippen LogP contribution is 2.42. The number of para-hydroxylation sites is 1. The summed E-state index contributed by atoms with van der Waals surface area (Å²) < 4.78 is 12.7. The first-order chi connectivity index (χ1) is 13.4. The maximum absolute atomic E-state index is 12.9. The van der Waals surface area contributed by atoms with Crippen LogP contribution in [0.4, 0.5) is 0 Å². The molecule has 2 aromatic rings. The van der Waals surface area contributed by atoms with E-state index in [4.69, 9.17) is 9.47 Å². The lowest BCUT2D eigenvalue weighted by Gasteiger charge is -2.30. The quantitative estimate of drug-likeness (QED) is 0.801. The number of hydrogen-bond donors (Lipinski definition) is 1. The second-order valence-electron chi connectivity index (χ2n) is 6.79. The molecule has 1 aliphatic heterocycles. The normalized spacial score (nSPS) is 15.0.